The summed E-state index contributed by atoms with van der Waals surface area (Å²) in [5, 5.41) is 2.76. The summed E-state index contributed by atoms with van der Waals surface area (Å²) in [4.78, 5) is 11.7. The Kier molecular flexibility index (Phi) is 8.48. The molecule has 0 aliphatic heterocycles. The van der Waals surface area contributed by atoms with Crippen LogP contribution in [0.3, 0.4) is 0 Å². The third-order valence-corrected chi connectivity index (χ3v) is 3.03. The van der Waals surface area contributed by atoms with E-state index >= 15 is 0 Å². The van der Waals surface area contributed by atoms with Gasteiger partial charge < -0.3 is 11.1 Å². The highest BCUT2D eigenvalue weighted by Gasteiger charge is 2.31. The van der Waals surface area contributed by atoms with Crippen molar-refractivity contribution < 1.29 is 18.0 Å². The predicted octanol–water partition coefficient (Wildman–Crippen LogP) is 3.68. The molecule has 0 spiro atoms. The number of halogens is 4. The lowest BCUT2D eigenvalue weighted by Crippen LogP contribution is -2.31. The van der Waals surface area contributed by atoms with Crippen molar-refractivity contribution >= 4 is 18.3 Å². The molecule has 0 aliphatic carbocycles. The largest absolute Gasteiger partial charge is 0.416 e. The molecule has 0 bridgehead atoms. The summed E-state index contributed by atoms with van der Waals surface area (Å²) in [7, 11) is 0. The number of carbonyl (C=O) groups excluding carboxylic acids is 1. The molecular weight excluding hydrogens is 317 g/mol. The summed E-state index contributed by atoms with van der Waals surface area (Å²) in [5.74, 6) is -0.0109. The average molecular weight is 339 g/mol. The number of alkyl halides is 3. The van der Waals surface area contributed by atoms with Crippen molar-refractivity contribution in [2.45, 2.75) is 38.9 Å². The van der Waals surface area contributed by atoms with Gasteiger partial charge in [0.2, 0.25) is 5.91 Å². The van der Waals surface area contributed by atoms with Crippen LogP contribution in [-0.2, 0) is 11.0 Å². The van der Waals surface area contributed by atoms with Crippen LogP contribution >= 0.6 is 12.4 Å². The van der Waals surface area contributed by atoms with Gasteiger partial charge in [0.1, 0.15) is 0 Å². The van der Waals surface area contributed by atoms with Crippen LogP contribution in [-0.4, -0.2) is 12.5 Å². The molecule has 1 aromatic rings. The second-order valence-electron chi connectivity index (χ2n) is 5.41. The van der Waals surface area contributed by atoms with Gasteiger partial charge in [0.05, 0.1) is 11.6 Å². The van der Waals surface area contributed by atoms with Crippen LogP contribution < -0.4 is 11.1 Å². The Morgan fingerprint density at radius 1 is 1.32 bits per heavy atom. The van der Waals surface area contributed by atoms with Crippen molar-refractivity contribution in [1.29, 1.82) is 0 Å². The maximum absolute atomic E-state index is 12.8. The molecule has 1 amide bonds. The van der Waals surface area contributed by atoms with Crippen molar-refractivity contribution in [1.82, 2.24) is 5.32 Å². The molecule has 1 atom stereocenters. The van der Waals surface area contributed by atoms with Gasteiger partial charge in [0, 0.05) is 13.0 Å². The fourth-order valence-corrected chi connectivity index (χ4v) is 2.08. The molecule has 0 saturated carbocycles. The normalized spacial score (nSPS) is 12.7. The lowest BCUT2D eigenvalue weighted by Gasteiger charge is -2.22. The van der Waals surface area contributed by atoms with Crippen molar-refractivity contribution in [3.63, 3.8) is 0 Å². The van der Waals surface area contributed by atoms with Crippen LogP contribution in [0.1, 0.15) is 43.9 Å². The smallest absolute Gasteiger partial charge is 0.349 e. The van der Waals surface area contributed by atoms with E-state index < -0.39 is 17.8 Å². The molecule has 0 aromatic heterocycles. The second-order valence-corrected chi connectivity index (χ2v) is 5.41. The Morgan fingerprint density at radius 2 is 1.95 bits per heavy atom. The minimum absolute atomic E-state index is 0. The molecule has 0 heterocycles. The van der Waals surface area contributed by atoms with E-state index in [1.165, 1.54) is 6.07 Å². The quantitative estimate of drug-likeness (QED) is 0.831. The summed E-state index contributed by atoms with van der Waals surface area (Å²) in [6, 6.07) is 4.64. The predicted molar refractivity (Wildman–Crippen MR) is 82.7 cm³/mol. The zero-order chi connectivity index (χ0) is 16.0. The van der Waals surface area contributed by atoms with Gasteiger partial charge in [-0.3, -0.25) is 4.79 Å². The van der Waals surface area contributed by atoms with E-state index in [0.29, 0.717) is 12.0 Å². The van der Waals surface area contributed by atoms with Gasteiger partial charge in [-0.2, -0.15) is 13.2 Å². The SMILES string of the molecule is CC(C)CC(NC(=O)CCN)c1cccc(C(F)(F)F)c1.Cl. The highest BCUT2D eigenvalue weighted by molar-refractivity contribution is 5.85. The van der Waals surface area contributed by atoms with Crippen molar-refractivity contribution in [3.05, 3.63) is 35.4 Å². The highest BCUT2D eigenvalue weighted by Crippen LogP contribution is 2.32. The Morgan fingerprint density at radius 3 is 2.45 bits per heavy atom. The first kappa shape index (κ1) is 20.7. The molecule has 0 radical (unpaired) electrons. The standard InChI is InChI=1S/C15H21F3N2O.ClH/c1-10(2)8-13(20-14(21)6-7-19)11-4-3-5-12(9-11)15(16,17)18;/h3-5,9-10,13H,6-8,19H2,1-2H3,(H,20,21);1H. The van der Waals surface area contributed by atoms with Crippen LogP contribution in [0.5, 0.6) is 0 Å². The van der Waals surface area contributed by atoms with Crippen LogP contribution in [0.2, 0.25) is 0 Å². The Labute approximate surface area is 134 Å². The van der Waals surface area contributed by atoms with E-state index in [1.807, 2.05) is 13.8 Å². The van der Waals surface area contributed by atoms with Crippen LogP contribution in [0, 0.1) is 5.92 Å². The lowest BCUT2D eigenvalue weighted by atomic mass is 9.95. The van der Waals surface area contributed by atoms with Gasteiger partial charge in [0.15, 0.2) is 0 Å². The van der Waals surface area contributed by atoms with E-state index in [1.54, 1.807) is 6.07 Å². The number of carbonyl (C=O) groups is 1. The van der Waals surface area contributed by atoms with Crippen LogP contribution in [0.4, 0.5) is 13.2 Å². The molecule has 7 heteroatoms. The number of amides is 1. The third-order valence-electron chi connectivity index (χ3n) is 3.03. The first-order chi connectivity index (χ1) is 9.74. The van der Waals surface area contributed by atoms with Gasteiger partial charge >= 0.3 is 6.18 Å². The molecule has 0 fully saturated rings. The summed E-state index contributed by atoms with van der Waals surface area (Å²) in [5.41, 5.74) is 5.07. The first-order valence-electron chi connectivity index (χ1n) is 6.90. The Bertz CT molecular complexity index is 478. The number of nitrogens with two attached hydrogens (primary N) is 1. The van der Waals surface area contributed by atoms with E-state index in [0.717, 1.165) is 12.1 Å². The zero-order valence-corrected chi connectivity index (χ0v) is 13.4. The van der Waals surface area contributed by atoms with Gasteiger partial charge in [0.25, 0.3) is 0 Å². The Balaban J connectivity index is 0.00000441. The van der Waals surface area contributed by atoms with E-state index in [9.17, 15) is 18.0 Å². The number of benzene rings is 1. The second kappa shape index (κ2) is 9.00. The molecule has 126 valence electrons. The summed E-state index contributed by atoms with van der Waals surface area (Å²) >= 11 is 0. The highest BCUT2D eigenvalue weighted by atomic mass is 35.5. The monoisotopic (exact) mass is 338 g/mol. The number of hydrogen-bond acceptors (Lipinski definition) is 2. The van der Waals surface area contributed by atoms with Gasteiger partial charge in [-0.05, 0) is 30.0 Å². The lowest BCUT2D eigenvalue weighted by molar-refractivity contribution is -0.137. The molecule has 22 heavy (non-hydrogen) atoms. The van der Waals surface area contributed by atoms with Gasteiger partial charge in [-0.1, -0.05) is 26.0 Å². The maximum Gasteiger partial charge on any atom is 0.416 e. The third kappa shape index (κ3) is 6.66. The van der Waals surface area contributed by atoms with Crippen molar-refractivity contribution in [2.24, 2.45) is 11.7 Å². The van der Waals surface area contributed by atoms with E-state index in [4.69, 9.17) is 5.73 Å². The van der Waals surface area contributed by atoms with Gasteiger partial charge in [-0.25, -0.2) is 0 Å². The molecule has 1 aromatic carbocycles. The molecule has 3 N–H and O–H groups in total. The van der Waals surface area contributed by atoms with Crippen LogP contribution in [0.25, 0.3) is 0 Å². The molecule has 0 aliphatic rings. The zero-order valence-electron chi connectivity index (χ0n) is 12.6. The molecular formula is C15H22ClF3N2O. The van der Waals surface area contributed by atoms with Gasteiger partial charge in [-0.15, -0.1) is 12.4 Å². The van der Waals surface area contributed by atoms with Crippen LogP contribution in [0.15, 0.2) is 24.3 Å². The van der Waals surface area contributed by atoms with E-state index in [2.05, 4.69) is 5.32 Å². The maximum atomic E-state index is 12.8. The summed E-state index contributed by atoms with van der Waals surface area (Å²) in [6.07, 6.45) is -3.66. The average Bonchev–Trinajstić information content (AvgIpc) is 2.37. The minimum atomic E-state index is -4.39. The molecule has 0 saturated heterocycles. The van der Waals surface area contributed by atoms with E-state index in [-0.39, 0.29) is 37.2 Å². The fraction of sp³-hybridized carbons (Fsp3) is 0.533. The topological polar surface area (TPSA) is 55.1 Å². The number of rotatable bonds is 6. The summed E-state index contributed by atoms with van der Waals surface area (Å²) < 4.78 is 38.3. The Hall–Kier alpha value is -1.27. The first-order valence-corrected chi connectivity index (χ1v) is 6.90. The molecule has 1 unspecified atom stereocenters. The van der Waals surface area contributed by atoms with Crippen molar-refractivity contribution in [2.75, 3.05) is 6.54 Å². The van der Waals surface area contributed by atoms with Crippen molar-refractivity contribution in [3.8, 4) is 0 Å². The summed E-state index contributed by atoms with van der Waals surface area (Å²) in [6.45, 7) is 4.12. The molecule has 3 nitrogen and oxygen atoms in total. The minimum Gasteiger partial charge on any atom is -0.349 e. The fourth-order valence-electron chi connectivity index (χ4n) is 2.08. The molecule has 1 rings (SSSR count). The number of hydrogen-bond donors (Lipinski definition) is 2. The number of nitrogens with one attached hydrogen (secondary N) is 1.